The first-order valence-electron chi connectivity index (χ1n) is 9.84. The van der Waals surface area contributed by atoms with E-state index in [1.165, 1.54) is 0 Å². The third-order valence-electron chi connectivity index (χ3n) is 5.99. The predicted octanol–water partition coefficient (Wildman–Crippen LogP) is 2.20. The molecular weight excluding hydrogens is 362 g/mol. The average molecular weight is 387 g/mol. The summed E-state index contributed by atoms with van der Waals surface area (Å²) in [7, 11) is 0. The van der Waals surface area contributed by atoms with Crippen molar-refractivity contribution in [1.29, 1.82) is 0 Å². The number of carbonyl (C=O) groups is 2. The zero-order chi connectivity index (χ0) is 19.7. The Balaban J connectivity index is 1.60. The molecule has 2 aromatic rings. The van der Waals surface area contributed by atoms with Crippen LogP contribution in [0.15, 0.2) is 23.0 Å². The van der Waals surface area contributed by atoms with E-state index in [1.807, 2.05) is 0 Å². The lowest BCUT2D eigenvalue weighted by atomic mass is 9.86. The largest absolute Gasteiger partial charge is 0.481 e. The predicted molar refractivity (Wildman–Crippen MR) is 103 cm³/mol. The number of aromatic nitrogens is 2. The van der Waals surface area contributed by atoms with E-state index in [0.717, 1.165) is 31.2 Å². The molecule has 2 heterocycles. The molecule has 0 unspecified atom stereocenters. The third-order valence-corrected chi connectivity index (χ3v) is 5.99. The van der Waals surface area contributed by atoms with Crippen molar-refractivity contribution >= 4 is 22.9 Å². The molecule has 2 fully saturated rings. The zero-order valence-corrected chi connectivity index (χ0v) is 15.7. The molecule has 0 spiro atoms. The monoisotopic (exact) mass is 387 g/mol. The van der Waals surface area contributed by atoms with E-state index in [1.54, 1.807) is 22.8 Å². The normalized spacial score (nSPS) is 19.7. The number of H-pyrrole nitrogens is 1. The van der Waals surface area contributed by atoms with Crippen molar-refractivity contribution in [3.63, 3.8) is 0 Å². The zero-order valence-electron chi connectivity index (χ0n) is 15.7. The number of carboxylic acids is 1. The summed E-state index contributed by atoms with van der Waals surface area (Å²) in [5.41, 5.74) is 0.887. The van der Waals surface area contributed by atoms with Crippen LogP contribution in [0.5, 0.6) is 0 Å². The summed E-state index contributed by atoms with van der Waals surface area (Å²) in [6, 6.07) is 5.38. The van der Waals surface area contributed by atoms with E-state index >= 15 is 0 Å². The Morgan fingerprint density at radius 1 is 1.25 bits per heavy atom. The molecule has 8 heteroatoms. The van der Waals surface area contributed by atoms with Gasteiger partial charge in [0, 0.05) is 24.8 Å². The highest BCUT2D eigenvalue weighted by atomic mass is 16.5. The van der Waals surface area contributed by atoms with E-state index in [9.17, 15) is 19.5 Å². The van der Waals surface area contributed by atoms with Gasteiger partial charge in [-0.3, -0.25) is 14.2 Å². The van der Waals surface area contributed by atoms with E-state index in [-0.39, 0.29) is 24.1 Å². The Kier molecular flexibility index (Phi) is 4.97. The third kappa shape index (κ3) is 3.56. The molecule has 0 radical (unpaired) electrons. The number of hydrogen-bond acceptors (Lipinski definition) is 4. The maximum absolute atomic E-state index is 12.8. The highest BCUT2D eigenvalue weighted by molar-refractivity contribution is 5.98. The number of carboxylic acid groups (broad SMARTS) is 1. The second-order valence-electron chi connectivity index (χ2n) is 7.89. The SMILES string of the molecule is O=C(O)CC1(NC(=O)c2ccc3c(c2)[nH]c(=O)n3C2CCCC2)CCOCC1. The number of nitrogens with one attached hydrogen (secondary N) is 2. The Bertz CT molecular complexity index is 948. The molecule has 28 heavy (non-hydrogen) atoms. The molecule has 1 aromatic carbocycles. The van der Waals surface area contributed by atoms with Gasteiger partial charge >= 0.3 is 11.7 Å². The molecule has 3 N–H and O–H groups in total. The summed E-state index contributed by atoms with van der Waals surface area (Å²) in [6.07, 6.45) is 5.02. The Hall–Kier alpha value is -2.61. The van der Waals surface area contributed by atoms with Gasteiger partial charge < -0.3 is 20.1 Å². The first kappa shape index (κ1) is 18.7. The number of aliphatic carboxylic acids is 1. The molecule has 4 rings (SSSR count). The standard InChI is InChI=1S/C20H25N3O5/c24-17(25)12-20(7-9-28-10-8-20)22-18(26)13-5-6-16-15(11-13)21-19(27)23(16)14-3-1-2-4-14/h5-6,11,14H,1-4,7-10,12H2,(H,21,27)(H,22,26)(H,24,25). The van der Waals surface area contributed by atoms with Gasteiger partial charge in [-0.1, -0.05) is 12.8 Å². The first-order valence-corrected chi connectivity index (χ1v) is 9.84. The molecule has 1 aromatic heterocycles. The summed E-state index contributed by atoms with van der Waals surface area (Å²) >= 11 is 0. The van der Waals surface area contributed by atoms with Crippen LogP contribution in [0, 0.1) is 0 Å². The Labute approximate surface area is 161 Å². The van der Waals surface area contributed by atoms with Gasteiger partial charge in [0.25, 0.3) is 5.91 Å². The van der Waals surface area contributed by atoms with Crippen LogP contribution in [0.3, 0.4) is 0 Å². The van der Waals surface area contributed by atoms with Crippen LogP contribution >= 0.6 is 0 Å². The lowest BCUT2D eigenvalue weighted by Crippen LogP contribution is -2.53. The molecular formula is C20H25N3O5. The fourth-order valence-electron chi connectivity index (χ4n) is 4.51. The Morgan fingerprint density at radius 2 is 1.96 bits per heavy atom. The van der Waals surface area contributed by atoms with Crippen LogP contribution in [0.4, 0.5) is 0 Å². The molecule has 0 bridgehead atoms. The van der Waals surface area contributed by atoms with Gasteiger partial charge in [-0.2, -0.15) is 0 Å². The van der Waals surface area contributed by atoms with Gasteiger partial charge in [0.05, 0.1) is 23.0 Å². The van der Waals surface area contributed by atoms with E-state index in [2.05, 4.69) is 10.3 Å². The van der Waals surface area contributed by atoms with E-state index in [4.69, 9.17) is 4.74 Å². The molecule has 2 aliphatic rings. The van der Waals surface area contributed by atoms with Crippen molar-refractivity contribution in [2.75, 3.05) is 13.2 Å². The fraction of sp³-hybridized carbons (Fsp3) is 0.550. The van der Waals surface area contributed by atoms with Crippen molar-refractivity contribution in [3.8, 4) is 0 Å². The second-order valence-corrected chi connectivity index (χ2v) is 7.89. The number of rotatable bonds is 5. The van der Waals surface area contributed by atoms with Crippen LogP contribution in [-0.2, 0) is 9.53 Å². The summed E-state index contributed by atoms with van der Waals surface area (Å²) in [5, 5.41) is 12.2. The van der Waals surface area contributed by atoms with Gasteiger partial charge in [0.15, 0.2) is 0 Å². The number of benzene rings is 1. The number of hydrogen-bond donors (Lipinski definition) is 3. The molecule has 1 saturated carbocycles. The van der Waals surface area contributed by atoms with Gasteiger partial charge in [0.1, 0.15) is 0 Å². The molecule has 1 aliphatic heterocycles. The highest BCUT2D eigenvalue weighted by Crippen LogP contribution is 2.31. The molecule has 150 valence electrons. The molecule has 0 atom stereocenters. The van der Waals surface area contributed by atoms with E-state index in [0.29, 0.717) is 37.1 Å². The number of amides is 1. The molecule has 1 saturated heterocycles. The number of ether oxygens (including phenoxy) is 1. The van der Waals surface area contributed by atoms with Gasteiger partial charge in [0.2, 0.25) is 0 Å². The van der Waals surface area contributed by atoms with Gasteiger partial charge in [-0.15, -0.1) is 0 Å². The van der Waals surface area contributed by atoms with Crippen molar-refractivity contribution in [2.24, 2.45) is 0 Å². The first-order chi connectivity index (χ1) is 13.5. The van der Waals surface area contributed by atoms with Crippen molar-refractivity contribution in [3.05, 3.63) is 34.2 Å². The van der Waals surface area contributed by atoms with Crippen LogP contribution in [0.25, 0.3) is 11.0 Å². The van der Waals surface area contributed by atoms with Crippen LogP contribution < -0.4 is 11.0 Å². The lowest BCUT2D eigenvalue weighted by molar-refractivity contribution is -0.139. The highest BCUT2D eigenvalue weighted by Gasteiger charge is 2.36. The minimum Gasteiger partial charge on any atom is -0.481 e. The molecule has 8 nitrogen and oxygen atoms in total. The van der Waals surface area contributed by atoms with E-state index < -0.39 is 11.5 Å². The quantitative estimate of drug-likeness (QED) is 0.728. The maximum Gasteiger partial charge on any atom is 0.326 e. The number of fused-ring (bicyclic) bond motifs is 1. The van der Waals surface area contributed by atoms with Crippen LogP contribution in [0.1, 0.15) is 61.3 Å². The van der Waals surface area contributed by atoms with Gasteiger partial charge in [-0.25, -0.2) is 4.79 Å². The summed E-state index contributed by atoms with van der Waals surface area (Å²) < 4.78 is 7.13. The lowest BCUT2D eigenvalue weighted by Gasteiger charge is -2.36. The topological polar surface area (TPSA) is 113 Å². The average Bonchev–Trinajstić information content (AvgIpc) is 3.27. The van der Waals surface area contributed by atoms with Gasteiger partial charge in [-0.05, 0) is 43.9 Å². The maximum atomic E-state index is 12.8. The summed E-state index contributed by atoms with van der Waals surface area (Å²) in [5.74, 6) is -1.28. The summed E-state index contributed by atoms with van der Waals surface area (Å²) in [4.78, 5) is 39.4. The second kappa shape index (κ2) is 7.43. The number of nitrogens with zero attached hydrogens (tertiary/aromatic N) is 1. The molecule has 1 aliphatic carbocycles. The van der Waals surface area contributed by atoms with Crippen LogP contribution in [-0.4, -0.2) is 45.3 Å². The number of aromatic amines is 1. The smallest absolute Gasteiger partial charge is 0.326 e. The summed E-state index contributed by atoms with van der Waals surface area (Å²) in [6.45, 7) is 0.842. The van der Waals surface area contributed by atoms with Crippen LogP contribution in [0.2, 0.25) is 0 Å². The van der Waals surface area contributed by atoms with Crippen molar-refractivity contribution < 1.29 is 19.4 Å². The van der Waals surface area contributed by atoms with Crippen molar-refractivity contribution in [2.45, 2.75) is 56.5 Å². The minimum atomic E-state index is -0.948. The number of carbonyl (C=O) groups excluding carboxylic acids is 1. The number of imidazole rings is 1. The minimum absolute atomic E-state index is 0.140. The Morgan fingerprint density at radius 3 is 2.64 bits per heavy atom. The van der Waals surface area contributed by atoms with Crippen molar-refractivity contribution in [1.82, 2.24) is 14.9 Å². The fourth-order valence-corrected chi connectivity index (χ4v) is 4.51. The molecule has 1 amide bonds.